The normalized spacial score (nSPS) is 14.8. The second kappa shape index (κ2) is 9.83. The summed E-state index contributed by atoms with van der Waals surface area (Å²) in [6.45, 7) is 7.20. The number of rotatable bonds is 10. The number of carbonyl (C=O) groups is 1. The Balaban J connectivity index is 3.73. The summed E-state index contributed by atoms with van der Waals surface area (Å²) in [5.74, 6) is 1.53. The van der Waals surface area contributed by atoms with Gasteiger partial charge in [-0.15, -0.1) is 0 Å². The first-order chi connectivity index (χ1) is 7.63. The summed E-state index contributed by atoms with van der Waals surface area (Å²) in [6.07, 6.45) is 7.30. The Hall–Kier alpha value is -0.370. The van der Waals surface area contributed by atoms with E-state index < -0.39 is 0 Å². The number of carbonyl (C=O) groups excluding carboxylic acids is 1. The SMILES string of the molecule is CCCCC(CC)CC(=O)CCC(C)CN. The Bertz CT molecular complexity index is 180. The highest BCUT2D eigenvalue weighted by molar-refractivity contribution is 5.78. The first-order valence-corrected chi connectivity index (χ1v) is 6.85. The maximum absolute atomic E-state index is 11.8. The van der Waals surface area contributed by atoms with Crippen LogP contribution in [0.25, 0.3) is 0 Å². The van der Waals surface area contributed by atoms with Gasteiger partial charge in [-0.3, -0.25) is 4.79 Å². The highest BCUT2D eigenvalue weighted by atomic mass is 16.1. The minimum atomic E-state index is 0.434. The van der Waals surface area contributed by atoms with Crippen LogP contribution in [-0.4, -0.2) is 12.3 Å². The fourth-order valence-corrected chi connectivity index (χ4v) is 1.89. The fourth-order valence-electron chi connectivity index (χ4n) is 1.89. The zero-order valence-electron chi connectivity index (χ0n) is 11.3. The van der Waals surface area contributed by atoms with Crippen molar-refractivity contribution in [2.24, 2.45) is 17.6 Å². The lowest BCUT2D eigenvalue weighted by Crippen LogP contribution is -2.14. The van der Waals surface area contributed by atoms with Gasteiger partial charge in [0.25, 0.3) is 0 Å². The molecule has 2 heteroatoms. The molecule has 0 rings (SSSR count). The highest BCUT2D eigenvalue weighted by Gasteiger charge is 2.12. The molecule has 0 amide bonds. The van der Waals surface area contributed by atoms with Crippen LogP contribution in [0.1, 0.15) is 65.7 Å². The molecule has 0 aliphatic heterocycles. The zero-order chi connectivity index (χ0) is 12.4. The lowest BCUT2D eigenvalue weighted by Gasteiger charge is -2.14. The number of nitrogens with two attached hydrogens (primary N) is 1. The lowest BCUT2D eigenvalue weighted by atomic mass is 9.91. The molecule has 0 fully saturated rings. The third kappa shape index (κ3) is 7.86. The molecule has 0 aliphatic rings. The summed E-state index contributed by atoms with van der Waals surface area (Å²) in [7, 11) is 0. The standard InChI is InChI=1S/C14H29NO/c1-4-6-7-13(5-2)10-14(16)9-8-12(3)11-15/h12-13H,4-11,15H2,1-3H3. The fraction of sp³-hybridized carbons (Fsp3) is 0.929. The summed E-state index contributed by atoms with van der Waals surface area (Å²) in [6, 6.07) is 0. The van der Waals surface area contributed by atoms with Gasteiger partial charge in [0.1, 0.15) is 5.78 Å². The maximum Gasteiger partial charge on any atom is 0.133 e. The topological polar surface area (TPSA) is 43.1 Å². The molecular formula is C14H29NO. The average Bonchev–Trinajstić information content (AvgIpc) is 2.31. The number of unbranched alkanes of at least 4 members (excludes halogenated alkanes) is 1. The highest BCUT2D eigenvalue weighted by Crippen LogP contribution is 2.18. The van der Waals surface area contributed by atoms with Crippen molar-refractivity contribution in [2.45, 2.75) is 65.7 Å². The number of hydrogen-bond acceptors (Lipinski definition) is 2. The molecule has 2 N–H and O–H groups in total. The van der Waals surface area contributed by atoms with Crippen LogP contribution in [0.15, 0.2) is 0 Å². The minimum absolute atomic E-state index is 0.434. The molecule has 2 unspecified atom stereocenters. The van der Waals surface area contributed by atoms with Crippen molar-refractivity contribution < 1.29 is 4.79 Å². The Labute approximate surface area is 101 Å². The Kier molecular flexibility index (Phi) is 9.60. The monoisotopic (exact) mass is 227 g/mol. The van der Waals surface area contributed by atoms with E-state index in [4.69, 9.17) is 5.73 Å². The first-order valence-electron chi connectivity index (χ1n) is 6.85. The summed E-state index contributed by atoms with van der Waals surface area (Å²) in [5, 5.41) is 0. The van der Waals surface area contributed by atoms with Crippen molar-refractivity contribution in [2.75, 3.05) is 6.54 Å². The van der Waals surface area contributed by atoms with Gasteiger partial charge in [-0.2, -0.15) is 0 Å². The van der Waals surface area contributed by atoms with Gasteiger partial charge in [-0.05, 0) is 24.8 Å². The van der Waals surface area contributed by atoms with Gasteiger partial charge in [0, 0.05) is 12.8 Å². The quantitative estimate of drug-likeness (QED) is 0.620. The van der Waals surface area contributed by atoms with E-state index in [1.54, 1.807) is 0 Å². The largest absolute Gasteiger partial charge is 0.330 e. The van der Waals surface area contributed by atoms with E-state index in [0.717, 1.165) is 25.7 Å². The van der Waals surface area contributed by atoms with E-state index in [2.05, 4.69) is 20.8 Å². The lowest BCUT2D eigenvalue weighted by molar-refractivity contribution is -0.120. The van der Waals surface area contributed by atoms with Crippen molar-refractivity contribution in [3.63, 3.8) is 0 Å². The first kappa shape index (κ1) is 15.6. The van der Waals surface area contributed by atoms with E-state index in [0.29, 0.717) is 24.2 Å². The van der Waals surface area contributed by atoms with E-state index in [9.17, 15) is 4.79 Å². The van der Waals surface area contributed by atoms with Gasteiger partial charge in [0.15, 0.2) is 0 Å². The van der Waals surface area contributed by atoms with Crippen LogP contribution in [0.3, 0.4) is 0 Å². The van der Waals surface area contributed by atoms with E-state index in [-0.39, 0.29) is 0 Å². The molecule has 96 valence electrons. The van der Waals surface area contributed by atoms with Gasteiger partial charge in [0.05, 0.1) is 0 Å². The molecule has 2 nitrogen and oxygen atoms in total. The van der Waals surface area contributed by atoms with Crippen molar-refractivity contribution in [1.82, 2.24) is 0 Å². The smallest absolute Gasteiger partial charge is 0.133 e. The Morgan fingerprint density at radius 1 is 1.25 bits per heavy atom. The van der Waals surface area contributed by atoms with E-state index in [1.807, 2.05) is 0 Å². The van der Waals surface area contributed by atoms with E-state index >= 15 is 0 Å². The Morgan fingerprint density at radius 2 is 1.94 bits per heavy atom. The second-order valence-electron chi connectivity index (χ2n) is 5.04. The maximum atomic E-state index is 11.8. The van der Waals surface area contributed by atoms with Crippen LogP contribution in [-0.2, 0) is 4.79 Å². The van der Waals surface area contributed by atoms with Crippen LogP contribution in [0.5, 0.6) is 0 Å². The Morgan fingerprint density at radius 3 is 2.44 bits per heavy atom. The van der Waals surface area contributed by atoms with Crippen LogP contribution >= 0.6 is 0 Å². The summed E-state index contributed by atoms with van der Waals surface area (Å²) < 4.78 is 0. The molecule has 0 heterocycles. The number of Topliss-reactive ketones (excluding diaryl/α,β-unsaturated/α-hetero) is 1. The average molecular weight is 227 g/mol. The summed E-state index contributed by atoms with van der Waals surface area (Å²) >= 11 is 0. The summed E-state index contributed by atoms with van der Waals surface area (Å²) in [4.78, 5) is 11.8. The van der Waals surface area contributed by atoms with Gasteiger partial charge in [-0.25, -0.2) is 0 Å². The minimum Gasteiger partial charge on any atom is -0.330 e. The van der Waals surface area contributed by atoms with Crippen LogP contribution < -0.4 is 5.73 Å². The third-order valence-electron chi connectivity index (χ3n) is 3.38. The van der Waals surface area contributed by atoms with Gasteiger partial charge in [-0.1, -0.05) is 46.5 Å². The molecule has 16 heavy (non-hydrogen) atoms. The number of ketones is 1. The molecule has 0 bridgehead atoms. The zero-order valence-corrected chi connectivity index (χ0v) is 11.3. The molecule has 2 atom stereocenters. The van der Waals surface area contributed by atoms with Crippen molar-refractivity contribution in [3.05, 3.63) is 0 Å². The van der Waals surface area contributed by atoms with Crippen molar-refractivity contribution >= 4 is 5.78 Å². The molecule has 0 saturated heterocycles. The van der Waals surface area contributed by atoms with Crippen LogP contribution in [0.4, 0.5) is 0 Å². The molecule has 0 aromatic heterocycles. The van der Waals surface area contributed by atoms with Crippen molar-refractivity contribution in [1.29, 1.82) is 0 Å². The van der Waals surface area contributed by atoms with E-state index in [1.165, 1.54) is 19.3 Å². The summed E-state index contributed by atoms with van der Waals surface area (Å²) in [5.41, 5.74) is 5.54. The van der Waals surface area contributed by atoms with Gasteiger partial charge >= 0.3 is 0 Å². The van der Waals surface area contributed by atoms with Crippen LogP contribution in [0.2, 0.25) is 0 Å². The molecular weight excluding hydrogens is 198 g/mol. The molecule has 0 saturated carbocycles. The van der Waals surface area contributed by atoms with Crippen molar-refractivity contribution in [3.8, 4) is 0 Å². The molecule has 0 aromatic rings. The number of hydrogen-bond donors (Lipinski definition) is 1. The molecule has 0 aromatic carbocycles. The molecule has 0 radical (unpaired) electrons. The predicted octanol–water partition coefficient (Wildman–Crippen LogP) is 3.54. The third-order valence-corrected chi connectivity index (χ3v) is 3.38. The van der Waals surface area contributed by atoms with Gasteiger partial charge in [0.2, 0.25) is 0 Å². The predicted molar refractivity (Wildman–Crippen MR) is 70.4 cm³/mol. The van der Waals surface area contributed by atoms with Crippen LogP contribution in [0, 0.1) is 11.8 Å². The second-order valence-corrected chi connectivity index (χ2v) is 5.04. The molecule has 0 spiro atoms. The molecule has 0 aliphatic carbocycles. The van der Waals surface area contributed by atoms with Gasteiger partial charge < -0.3 is 5.73 Å².